The van der Waals surface area contributed by atoms with Crippen LogP contribution in [-0.4, -0.2) is 42.2 Å². The lowest BCUT2D eigenvalue weighted by Gasteiger charge is -2.24. The quantitative estimate of drug-likeness (QED) is 0.519. The number of hydrogen-bond donors (Lipinski definition) is 2. The van der Waals surface area contributed by atoms with Crippen LogP contribution in [0.15, 0.2) is 0 Å². The Morgan fingerprint density at radius 2 is 2.00 bits per heavy atom. The van der Waals surface area contributed by atoms with E-state index in [1.165, 1.54) is 0 Å². The Morgan fingerprint density at radius 3 is 2.40 bits per heavy atom. The summed E-state index contributed by atoms with van der Waals surface area (Å²) in [5, 5.41) is 2.45. The largest absolute Gasteiger partial charge is 0.444 e. The summed E-state index contributed by atoms with van der Waals surface area (Å²) >= 11 is 5.51. The first-order chi connectivity index (χ1) is 9.23. The molecule has 0 radical (unpaired) electrons. The van der Waals surface area contributed by atoms with Crippen LogP contribution in [0.25, 0.3) is 0 Å². The molecule has 20 heavy (non-hydrogen) atoms. The Balaban J connectivity index is 4.68. The van der Waals surface area contributed by atoms with E-state index in [-0.39, 0.29) is 18.1 Å². The van der Waals surface area contributed by atoms with E-state index < -0.39 is 23.7 Å². The molecule has 0 bridgehead atoms. The fourth-order valence-electron chi connectivity index (χ4n) is 1.57. The van der Waals surface area contributed by atoms with Gasteiger partial charge < -0.3 is 20.6 Å². The van der Waals surface area contributed by atoms with Gasteiger partial charge in [0.2, 0.25) is 0 Å². The van der Waals surface area contributed by atoms with Crippen LogP contribution in [0.4, 0.5) is 4.79 Å². The third-order valence-corrected chi connectivity index (χ3v) is 2.74. The zero-order valence-electron chi connectivity index (χ0n) is 12.1. The second-order valence-corrected chi connectivity index (χ2v) is 5.78. The normalized spacial score (nSPS) is 14.2. The molecule has 6 nitrogen and oxygen atoms in total. The van der Waals surface area contributed by atoms with Crippen LogP contribution in [-0.2, 0) is 14.3 Å². The molecule has 0 unspecified atom stereocenters. The molecule has 3 N–H and O–H groups in total. The van der Waals surface area contributed by atoms with Crippen LogP contribution in [0.1, 0.15) is 33.6 Å². The van der Waals surface area contributed by atoms with Crippen molar-refractivity contribution in [2.75, 3.05) is 12.4 Å². The van der Waals surface area contributed by atoms with Crippen molar-refractivity contribution >= 4 is 29.8 Å². The Morgan fingerprint density at radius 1 is 1.40 bits per heavy atom. The summed E-state index contributed by atoms with van der Waals surface area (Å²) in [6.45, 7) is 5.48. The molecule has 0 aliphatic rings. The van der Waals surface area contributed by atoms with E-state index in [2.05, 4.69) is 5.32 Å². The van der Waals surface area contributed by atoms with Crippen molar-refractivity contribution in [3.8, 4) is 0 Å². The van der Waals surface area contributed by atoms with E-state index in [1.54, 1.807) is 20.8 Å². The van der Waals surface area contributed by atoms with E-state index >= 15 is 0 Å². The van der Waals surface area contributed by atoms with Crippen molar-refractivity contribution in [2.24, 2.45) is 11.7 Å². The zero-order chi connectivity index (χ0) is 15.8. The number of nitrogens with one attached hydrogen (secondary N) is 1. The molecule has 0 heterocycles. The molecule has 2 atom stereocenters. The smallest absolute Gasteiger partial charge is 0.408 e. The van der Waals surface area contributed by atoms with Crippen LogP contribution < -0.4 is 11.1 Å². The van der Waals surface area contributed by atoms with Gasteiger partial charge in [-0.15, -0.1) is 11.6 Å². The van der Waals surface area contributed by atoms with Crippen LogP contribution in [0.2, 0.25) is 0 Å². The number of carbonyl (C=O) groups is 3. The molecule has 0 saturated carbocycles. The van der Waals surface area contributed by atoms with Crippen molar-refractivity contribution < 1.29 is 19.1 Å². The van der Waals surface area contributed by atoms with Crippen molar-refractivity contribution in [3.05, 3.63) is 0 Å². The van der Waals surface area contributed by atoms with Crippen LogP contribution in [0, 0.1) is 5.92 Å². The predicted molar refractivity (Wildman–Crippen MR) is 76.7 cm³/mol. The van der Waals surface area contributed by atoms with Crippen molar-refractivity contribution in [1.29, 1.82) is 0 Å². The number of halogens is 1. The van der Waals surface area contributed by atoms with Gasteiger partial charge in [0.1, 0.15) is 11.9 Å². The summed E-state index contributed by atoms with van der Waals surface area (Å²) in [6.07, 6.45) is 0.647. The third-order valence-electron chi connectivity index (χ3n) is 2.48. The van der Waals surface area contributed by atoms with Gasteiger partial charge in [-0.1, -0.05) is 0 Å². The van der Waals surface area contributed by atoms with Crippen LogP contribution in [0.5, 0.6) is 0 Å². The highest BCUT2D eigenvalue weighted by Crippen LogP contribution is 2.12. The molecule has 0 saturated heterocycles. The van der Waals surface area contributed by atoms with E-state index in [4.69, 9.17) is 22.1 Å². The van der Waals surface area contributed by atoms with E-state index in [0.717, 1.165) is 6.29 Å². The maximum Gasteiger partial charge on any atom is 0.408 e. The first-order valence-corrected chi connectivity index (χ1v) is 7.00. The molecule has 0 aromatic rings. The Kier molecular flexibility index (Phi) is 8.41. The second-order valence-electron chi connectivity index (χ2n) is 5.51. The monoisotopic (exact) mass is 306 g/mol. The Hall–Kier alpha value is -1.14. The van der Waals surface area contributed by atoms with E-state index in [9.17, 15) is 14.4 Å². The Bertz CT molecular complexity index is 342. The summed E-state index contributed by atoms with van der Waals surface area (Å²) in [5.74, 6) is -0.997. The first kappa shape index (κ1) is 18.9. The van der Waals surface area contributed by atoms with Crippen molar-refractivity contribution in [2.45, 2.75) is 45.3 Å². The summed E-state index contributed by atoms with van der Waals surface area (Å²) in [5.41, 5.74) is 4.73. The van der Waals surface area contributed by atoms with Gasteiger partial charge in [0, 0.05) is 5.92 Å². The third kappa shape index (κ3) is 8.12. The maximum atomic E-state index is 11.7. The van der Waals surface area contributed by atoms with E-state index in [1.807, 2.05) is 0 Å². The molecule has 0 fully saturated rings. The van der Waals surface area contributed by atoms with Gasteiger partial charge in [-0.2, -0.15) is 0 Å². The standard InChI is InChI=1S/C13H23ClN2O4/c1-13(2,3)20-12(19)16-10(11(18)7-14)6-9(8-17)4-5-15/h8-10H,4-7,15H2,1-3H3,(H,16,19)/t9-,10-/m0/s1. The van der Waals surface area contributed by atoms with Crippen LogP contribution >= 0.6 is 11.6 Å². The summed E-state index contributed by atoms with van der Waals surface area (Å²) in [4.78, 5) is 34.3. The van der Waals surface area contributed by atoms with Gasteiger partial charge >= 0.3 is 6.09 Å². The molecule has 7 heteroatoms. The number of ether oxygens (including phenoxy) is 1. The second kappa shape index (κ2) is 8.92. The molecule has 0 aromatic heterocycles. The number of carbonyl (C=O) groups excluding carboxylic acids is 3. The molecule has 0 rings (SSSR count). The maximum absolute atomic E-state index is 11.7. The molecule has 0 spiro atoms. The number of nitrogens with two attached hydrogens (primary N) is 1. The highest BCUT2D eigenvalue weighted by molar-refractivity contribution is 6.28. The summed E-state index contributed by atoms with van der Waals surface area (Å²) in [6, 6.07) is -0.843. The minimum Gasteiger partial charge on any atom is -0.444 e. The van der Waals surface area contributed by atoms with Gasteiger partial charge in [0.25, 0.3) is 0 Å². The lowest BCUT2D eigenvalue weighted by molar-refractivity contribution is -0.119. The average Bonchev–Trinajstić information content (AvgIpc) is 2.33. The molecule has 1 amide bonds. The zero-order valence-corrected chi connectivity index (χ0v) is 12.9. The minimum absolute atomic E-state index is 0.172. The highest BCUT2D eigenvalue weighted by Gasteiger charge is 2.26. The average molecular weight is 307 g/mol. The number of rotatable bonds is 8. The topological polar surface area (TPSA) is 98.5 Å². The van der Waals surface area contributed by atoms with Crippen molar-refractivity contribution in [1.82, 2.24) is 5.32 Å². The van der Waals surface area contributed by atoms with E-state index in [0.29, 0.717) is 13.0 Å². The molecule has 0 aromatic carbocycles. The molecule has 0 aliphatic carbocycles. The molecule has 116 valence electrons. The van der Waals surface area contributed by atoms with Gasteiger partial charge in [0.15, 0.2) is 5.78 Å². The van der Waals surface area contributed by atoms with Gasteiger partial charge in [-0.05, 0) is 40.2 Å². The number of alkyl carbamates (subject to hydrolysis) is 1. The lowest BCUT2D eigenvalue weighted by atomic mass is 9.96. The minimum atomic E-state index is -0.843. The molecular weight excluding hydrogens is 284 g/mol. The lowest BCUT2D eigenvalue weighted by Crippen LogP contribution is -2.45. The molecule has 0 aliphatic heterocycles. The number of amides is 1. The highest BCUT2D eigenvalue weighted by atomic mass is 35.5. The number of alkyl halides is 1. The SMILES string of the molecule is CC(C)(C)OC(=O)N[C@@H](C[C@@H](C=O)CCN)C(=O)CCl. The fraction of sp³-hybridized carbons (Fsp3) is 0.769. The first-order valence-electron chi connectivity index (χ1n) is 6.47. The van der Waals surface area contributed by atoms with Gasteiger partial charge in [-0.25, -0.2) is 4.79 Å². The number of ketones is 1. The number of Topliss-reactive ketones (excluding diaryl/α,β-unsaturated/α-hetero) is 1. The number of aldehydes is 1. The fourth-order valence-corrected chi connectivity index (χ4v) is 1.76. The predicted octanol–water partition coefficient (Wildman–Crippen LogP) is 1.24. The summed E-state index contributed by atoms with van der Waals surface area (Å²) < 4.78 is 5.08. The number of hydrogen-bond acceptors (Lipinski definition) is 5. The summed E-state index contributed by atoms with van der Waals surface area (Å²) in [7, 11) is 0. The van der Waals surface area contributed by atoms with Gasteiger partial charge in [0.05, 0.1) is 11.9 Å². The van der Waals surface area contributed by atoms with Crippen molar-refractivity contribution in [3.63, 3.8) is 0 Å². The Labute approximate surface area is 124 Å². The van der Waals surface area contributed by atoms with Crippen LogP contribution in [0.3, 0.4) is 0 Å². The molecular formula is C13H23ClN2O4. The van der Waals surface area contributed by atoms with Gasteiger partial charge in [-0.3, -0.25) is 4.79 Å².